The van der Waals surface area contributed by atoms with Gasteiger partial charge >= 0.3 is 0 Å². The molecule has 0 fully saturated rings. The summed E-state index contributed by atoms with van der Waals surface area (Å²) in [7, 11) is 9.75. The molecule has 0 aromatic carbocycles. The van der Waals surface area contributed by atoms with E-state index < -0.39 is 0 Å². The van der Waals surface area contributed by atoms with Gasteiger partial charge in [0.25, 0.3) is 0 Å². The third-order valence-corrected chi connectivity index (χ3v) is 0. The van der Waals surface area contributed by atoms with Gasteiger partial charge in [-0.15, -0.1) is 22.6 Å². The Morgan fingerprint density at radius 3 is 0.583 bits per heavy atom. The smallest absolute Gasteiger partial charge is 0.0713 e. The van der Waals surface area contributed by atoms with E-state index in [-0.39, 0.29) is 63.1 Å². The van der Waals surface area contributed by atoms with Gasteiger partial charge < -0.3 is 0 Å². The van der Waals surface area contributed by atoms with Gasteiger partial charge in [0.05, 0.1) is 15.7 Å². The van der Waals surface area contributed by atoms with Gasteiger partial charge in [-0.2, -0.15) is 0 Å². The van der Waals surface area contributed by atoms with E-state index in [1.54, 1.807) is 0 Å². The molecule has 0 saturated heterocycles. The maximum atomic E-state index is 4.88. The van der Waals surface area contributed by atoms with Crippen molar-refractivity contribution in [2.45, 2.75) is 63.1 Å². The van der Waals surface area contributed by atoms with Gasteiger partial charge in [-0.3, -0.25) is 0 Å². The number of rotatable bonds is 0. The summed E-state index contributed by atoms with van der Waals surface area (Å²) in [6.45, 7) is 0. The van der Waals surface area contributed by atoms with Crippen LogP contribution in [-0.4, -0.2) is 19.4 Å². The molecule has 0 heterocycles. The summed E-state index contributed by atoms with van der Waals surface area (Å²) in [6, 6.07) is 0. The number of hydrogen-bond donors (Lipinski definition) is 0. The maximum Gasteiger partial charge on any atom is 0.0713 e. The van der Waals surface area contributed by atoms with Gasteiger partial charge in [0.15, 0.2) is 0 Å². The molecule has 82 valence electrons. The van der Waals surface area contributed by atoms with E-state index in [4.69, 9.17) is 15.7 Å². The molecule has 0 aromatic rings. The van der Waals surface area contributed by atoms with Crippen molar-refractivity contribution in [1.82, 2.24) is 0 Å². The van der Waals surface area contributed by atoms with Crippen molar-refractivity contribution in [3.63, 3.8) is 0 Å². The van der Waals surface area contributed by atoms with E-state index >= 15 is 0 Å². The maximum absolute atomic E-state index is 4.88. The Bertz CT molecular complexity index is 17.2. The van der Waals surface area contributed by atoms with Gasteiger partial charge in [-0.05, 0) is 0 Å². The molecule has 0 bridgehead atoms. The molecule has 3 heteroatoms. The molecule has 0 aliphatic heterocycles. The Hall–Kier alpha value is 0.860. The molecule has 0 rings (SSSR count). The highest BCUT2D eigenvalue weighted by atomic mass is 127. The SMILES string of the molecule is C.C.C.C.C.C.C.C.[B]C([B])I. The lowest BCUT2D eigenvalue weighted by molar-refractivity contribution is 2.10. The first-order valence-corrected chi connectivity index (χ1v) is 2.13. The molecule has 0 aromatic heterocycles. The first-order chi connectivity index (χ1) is 1.73. The Labute approximate surface area is 101 Å². The summed E-state index contributed by atoms with van der Waals surface area (Å²) >= 11 is 1.90. The van der Waals surface area contributed by atoms with Crippen LogP contribution in [0.5, 0.6) is 0 Å². The van der Waals surface area contributed by atoms with Crippen LogP contribution in [-0.2, 0) is 0 Å². The highest BCUT2D eigenvalue weighted by Crippen LogP contribution is 1.80. The summed E-state index contributed by atoms with van der Waals surface area (Å²) in [5.74, 6) is 0. The summed E-state index contributed by atoms with van der Waals surface area (Å²) in [5, 5.41) is 0. The fourth-order valence-corrected chi connectivity index (χ4v) is 0. The number of alkyl halides is 1. The Morgan fingerprint density at radius 2 is 0.583 bits per heavy atom. The zero-order valence-electron chi connectivity index (χ0n) is 2.11. The minimum Gasteiger partial charge on any atom is -0.103 e. The van der Waals surface area contributed by atoms with Crippen LogP contribution in [0.3, 0.4) is 0 Å². The van der Waals surface area contributed by atoms with E-state index in [9.17, 15) is 0 Å². The molecule has 0 atom stereocenters. The molecule has 12 heavy (non-hydrogen) atoms. The lowest BCUT2D eigenvalue weighted by Gasteiger charge is -1.76. The van der Waals surface area contributed by atoms with Crippen molar-refractivity contribution in [1.29, 1.82) is 0 Å². The van der Waals surface area contributed by atoms with Crippen LogP contribution in [0.25, 0.3) is 0 Å². The van der Waals surface area contributed by atoms with E-state index in [1.165, 1.54) is 0 Å². The minimum absolute atomic E-state index is 0. The second-order valence-electron chi connectivity index (χ2n) is 0.444. The van der Waals surface area contributed by atoms with Crippen LogP contribution < -0.4 is 0 Å². The van der Waals surface area contributed by atoms with Gasteiger partial charge in [-0.25, -0.2) is 0 Å². The summed E-state index contributed by atoms with van der Waals surface area (Å²) < 4.78 is -0.197. The number of halogens is 1. The topological polar surface area (TPSA) is 0 Å². The normalized spacial score (nSPS) is 2.83. The monoisotopic (exact) mass is 290 g/mol. The van der Waals surface area contributed by atoms with Crippen molar-refractivity contribution < 1.29 is 0 Å². The fraction of sp³-hybridized carbons (Fsp3) is 1.00. The molecule has 0 amide bonds. The van der Waals surface area contributed by atoms with Crippen molar-refractivity contribution in [2.24, 2.45) is 0 Å². The fourth-order valence-electron chi connectivity index (χ4n) is 0. The number of hydrogen-bond acceptors (Lipinski definition) is 0. The Kier molecular flexibility index (Phi) is 950. The average molecular weight is 290 g/mol. The average Bonchev–Trinajstić information content (AvgIpc) is 0.811. The quantitative estimate of drug-likeness (QED) is 0.329. The van der Waals surface area contributed by atoms with Crippen molar-refractivity contribution in [3.05, 3.63) is 0 Å². The van der Waals surface area contributed by atoms with Gasteiger partial charge in [0.1, 0.15) is 0 Å². The second kappa shape index (κ2) is 93.9. The van der Waals surface area contributed by atoms with Crippen LogP contribution >= 0.6 is 22.6 Å². The lowest BCUT2D eigenvalue weighted by atomic mass is 9.87. The van der Waals surface area contributed by atoms with Crippen LogP contribution in [0.1, 0.15) is 59.4 Å². The first kappa shape index (κ1) is 121. The van der Waals surface area contributed by atoms with E-state index in [0.717, 1.165) is 0 Å². The van der Waals surface area contributed by atoms with Crippen molar-refractivity contribution >= 4 is 38.3 Å². The van der Waals surface area contributed by atoms with Crippen LogP contribution in [0.4, 0.5) is 0 Å². The molecule has 0 N–H and O–H groups in total. The predicted octanol–water partition coefficient (Wildman–Crippen LogP) is 5.13. The summed E-state index contributed by atoms with van der Waals surface area (Å²) in [4.78, 5) is 0. The molecule has 0 unspecified atom stereocenters. The van der Waals surface area contributed by atoms with Crippen LogP contribution in [0.15, 0.2) is 0 Å². The second-order valence-corrected chi connectivity index (χ2v) is 1.88. The van der Waals surface area contributed by atoms with E-state index in [1.807, 2.05) is 22.6 Å². The van der Waals surface area contributed by atoms with Crippen LogP contribution in [0, 0.1) is 0 Å². The van der Waals surface area contributed by atoms with Crippen molar-refractivity contribution in [3.8, 4) is 0 Å². The summed E-state index contributed by atoms with van der Waals surface area (Å²) in [5.41, 5.74) is 0. The molecular formula is C9H33B2I. The zero-order chi connectivity index (χ0) is 3.58. The first-order valence-electron chi connectivity index (χ1n) is 0.885. The molecule has 0 aliphatic carbocycles. The highest BCUT2D eigenvalue weighted by molar-refractivity contribution is 14.1. The molecule has 0 aliphatic rings. The van der Waals surface area contributed by atoms with Crippen molar-refractivity contribution in [2.75, 3.05) is 0 Å². The molecule has 0 saturated carbocycles. The van der Waals surface area contributed by atoms with Gasteiger partial charge in [0, 0.05) is 0 Å². The van der Waals surface area contributed by atoms with Gasteiger partial charge in [-0.1, -0.05) is 63.1 Å². The molecular weight excluding hydrogens is 257 g/mol. The van der Waals surface area contributed by atoms with Crippen LogP contribution in [0.2, 0.25) is 0 Å². The van der Waals surface area contributed by atoms with E-state index in [0.29, 0.717) is 0 Å². The summed E-state index contributed by atoms with van der Waals surface area (Å²) in [6.07, 6.45) is 0. The minimum atomic E-state index is -0.197. The Morgan fingerprint density at radius 1 is 0.583 bits per heavy atom. The molecule has 4 radical (unpaired) electrons. The zero-order valence-corrected chi connectivity index (χ0v) is 4.27. The third kappa shape index (κ3) is 1430. The van der Waals surface area contributed by atoms with E-state index in [2.05, 4.69) is 0 Å². The predicted molar refractivity (Wildman–Crippen MR) is 83.2 cm³/mol. The standard InChI is InChI=1S/CHB2I.8CH4/c2-1(3)4;;;;;;;;/h1H;8*1H4. The largest absolute Gasteiger partial charge is 0.103 e. The lowest BCUT2D eigenvalue weighted by Crippen LogP contribution is -1.89. The van der Waals surface area contributed by atoms with Gasteiger partial charge in [0.2, 0.25) is 0 Å². The highest BCUT2D eigenvalue weighted by Gasteiger charge is 1.71. The molecule has 0 spiro atoms. The Balaban J connectivity index is -0.00000000161. The molecule has 0 nitrogen and oxygen atoms in total. The third-order valence-electron chi connectivity index (χ3n) is 0.